The van der Waals surface area contributed by atoms with Gasteiger partial charge in [-0.1, -0.05) is 133 Å². The zero-order chi connectivity index (χ0) is 66.4. The Kier molecular flexibility index (Phi) is 40.2. The number of ketones is 1. The quantitative estimate of drug-likeness (QED) is 0.0120. The molecule has 2 aromatic rings. The molecule has 2 heterocycles. The minimum Gasteiger partial charge on any atom is -0.463 e. The van der Waals surface area contributed by atoms with Crippen molar-refractivity contribution < 1.29 is 71.5 Å². The van der Waals surface area contributed by atoms with E-state index in [1.54, 1.807) is 58.0 Å². The number of nitrogens with zero attached hydrogens (tertiary/aromatic N) is 3. The number of benzene rings is 1. The topological polar surface area (TPSA) is 258 Å². The van der Waals surface area contributed by atoms with Crippen molar-refractivity contribution in [1.82, 2.24) is 30.7 Å². The van der Waals surface area contributed by atoms with Crippen LogP contribution in [0.2, 0.25) is 0 Å². The highest BCUT2D eigenvalue weighted by Gasteiger charge is 2.38. The molecule has 0 radical (unpaired) electrons. The average Bonchev–Trinajstić information content (AvgIpc) is 3.55. The largest absolute Gasteiger partial charge is 0.463 e. The van der Waals surface area contributed by atoms with Gasteiger partial charge in [0.25, 0.3) is 0 Å². The minimum atomic E-state index is -0.889. The summed E-state index contributed by atoms with van der Waals surface area (Å²) >= 11 is 1.18. The average molecular weight is 1320 g/mol. The maximum atomic E-state index is 14.4. The molecule has 4 N–H and O–H groups in total. The number of aliphatic hydroxyl groups excluding tert-OH is 1. The normalized spacial score (nSPS) is 16.2. The first-order valence-corrected chi connectivity index (χ1v) is 36.0. The third kappa shape index (κ3) is 31.7. The number of Topliss-reactive ketones (excluding diaryl/α,β-unsaturated/α-hetero) is 1. The van der Waals surface area contributed by atoms with Gasteiger partial charge in [-0.15, -0.1) is 11.3 Å². The molecule has 1 fully saturated rings. The van der Waals surface area contributed by atoms with Gasteiger partial charge in [0.05, 0.1) is 18.8 Å². The Balaban J connectivity index is 1.36. The summed E-state index contributed by atoms with van der Waals surface area (Å²) in [7, 11) is 8.48. The number of methoxy groups -OCH3 is 1. The van der Waals surface area contributed by atoms with Crippen molar-refractivity contribution in [3.63, 3.8) is 0 Å². The van der Waals surface area contributed by atoms with E-state index >= 15 is 0 Å². The Morgan fingerprint density at radius 1 is 0.844 bits per heavy atom. The second kappa shape index (κ2) is 45.6. The molecule has 90 heavy (non-hydrogen) atoms. The van der Waals surface area contributed by atoms with Crippen LogP contribution < -0.4 is 16.0 Å². The molecule has 4 amide bonds. The van der Waals surface area contributed by atoms with Gasteiger partial charge in [0.15, 0.2) is 18.2 Å². The molecule has 1 aliphatic rings. The van der Waals surface area contributed by atoms with Gasteiger partial charge in [-0.05, 0) is 100 Å². The van der Waals surface area contributed by atoms with Crippen molar-refractivity contribution in [3.05, 3.63) is 51.7 Å². The molecule has 0 aliphatic carbocycles. The minimum absolute atomic E-state index is 0.00252. The number of piperidine rings is 1. The van der Waals surface area contributed by atoms with Crippen molar-refractivity contribution >= 4 is 80.2 Å². The van der Waals surface area contributed by atoms with Gasteiger partial charge in [-0.2, -0.15) is 0 Å². The highest BCUT2D eigenvalue weighted by atomic mass is 33.1. The van der Waals surface area contributed by atoms with Crippen LogP contribution in [0.3, 0.4) is 0 Å². The standard InChI is InChI=1S/C66H107FN6O14S3/c1-11-46(5)62(71-64(81)54-25-20-22-33-72(54)8)66(82)73(9)55(45(3)4)40-57(86-48(7)75)65-70-53(44-88-65)56(76)39-50(38-49-28-30-51(67)31-29-49)37-47(6)63(80)69-41-60(79)84-34-36-90-89-35-23-19-17-15-13-14-16-18-21-32-68-58(77)26-24-27-59(78)85-43-61(83-10)87-52(12-2)42-74/h28-31,44-47,50,52,54-55,57,61-62,74H,11-27,32-43H2,1-10H3,(H,68,77)(H,69,80)(H,71,81)/t46-,47-,50+,52?,54?,55+,57+,61?,62?/m0/s1. The fourth-order valence-corrected chi connectivity index (χ4v) is 13.6. The molecular weight excluding hydrogens is 1220 g/mol. The number of likely N-dealkylation sites (N-methyl/N-ethyl adjacent to an activating group) is 2. The van der Waals surface area contributed by atoms with E-state index in [1.165, 1.54) is 56.8 Å². The monoisotopic (exact) mass is 1320 g/mol. The third-order valence-corrected chi connectivity index (χ3v) is 19.8. The lowest BCUT2D eigenvalue weighted by molar-refractivity contribution is -0.194. The Labute approximate surface area is 547 Å². The van der Waals surface area contributed by atoms with E-state index in [1.807, 2.05) is 46.6 Å². The van der Waals surface area contributed by atoms with Crippen LogP contribution in [0.25, 0.3) is 0 Å². The van der Waals surface area contributed by atoms with Crippen molar-refractivity contribution in [1.29, 1.82) is 0 Å². The van der Waals surface area contributed by atoms with E-state index in [4.69, 9.17) is 28.7 Å². The summed E-state index contributed by atoms with van der Waals surface area (Å²) in [6.45, 7) is 13.9. The summed E-state index contributed by atoms with van der Waals surface area (Å²) in [5.74, 6) is -2.68. The van der Waals surface area contributed by atoms with Crippen LogP contribution in [0.4, 0.5) is 4.39 Å². The fraction of sp³-hybridized carbons (Fsp3) is 0.742. The van der Waals surface area contributed by atoms with Crippen molar-refractivity contribution in [3.8, 4) is 0 Å². The second-order valence-corrected chi connectivity index (χ2v) is 27.7. The van der Waals surface area contributed by atoms with Gasteiger partial charge in [0.2, 0.25) is 23.6 Å². The number of ether oxygens (including phenoxy) is 5. The number of halogens is 1. The summed E-state index contributed by atoms with van der Waals surface area (Å²) in [5.41, 5.74) is 0.946. The Hall–Kier alpha value is -4.72. The highest BCUT2D eigenvalue weighted by Crippen LogP contribution is 2.33. The van der Waals surface area contributed by atoms with Crippen molar-refractivity contribution in [2.45, 2.75) is 220 Å². The molecule has 3 rings (SSSR count). The molecule has 1 aromatic carbocycles. The zero-order valence-corrected chi connectivity index (χ0v) is 57.8. The number of carbonyl (C=O) groups excluding carboxylic acids is 8. The summed E-state index contributed by atoms with van der Waals surface area (Å²) in [6, 6.07) is 4.48. The van der Waals surface area contributed by atoms with E-state index < -0.39 is 60.2 Å². The van der Waals surface area contributed by atoms with Gasteiger partial charge in [-0.3, -0.25) is 43.3 Å². The highest BCUT2D eigenvalue weighted by molar-refractivity contribution is 8.76. The molecule has 0 spiro atoms. The number of amides is 4. The first-order chi connectivity index (χ1) is 43.1. The molecule has 0 bridgehead atoms. The lowest BCUT2D eigenvalue weighted by Crippen LogP contribution is -2.58. The van der Waals surface area contributed by atoms with Crippen LogP contribution >= 0.6 is 32.9 Å². The number of hydrogen-bond donors (Lipinski definition) is 4. The number of hydrogen-bond acceptors (Lipinski definition) is 19. The number of unbranched alkanes of at least 4 members (excludes halogenated alkanes) is 8. The number of aliphatic hydroxyl groups is 1. The molecular formula is C66H107FN6O14S3. The van der Waals surface area contributed by atoms with Gasteiger partial charge < -0.3 is 49.6 Å². The van der Waals surface area contributed by atoms with E-state index in [9.17, 15) is 47.9 Å². The predicted octanol–water partition coefficient (Wildman–Crippen LogP) is 10.4. The molecule has 1 saturated heterocycles. The van der Waals surface area contributed by atoms with E-state index in [0.717, 1.165) is 75.6 Å². The number of thiazole rings is 1. The number of nitrogens with one attached hydrogen (secondary N) is 3. The second-order valence-electron chi connectivity index (χ2n) is 24.2. The van der Waals surface area contributed by atoms with Crippen LogP contribution in [0.1, 0.15) is 204 Å². The van der Waals surface area contributed by atoms with Crippen LogP contribution in [0, 0.1) is 29.5 Å². The first kappa shape index (κ1) is 79.5. The predicted molar refractivity (Wildman–Crippen MR) is 352 cm³/mol. The Bertz CT molecular complexity index is 2440. The van der Waals surface area contributed by atoms with Crippen LogP contribution in [0.15, 0.2) is 29.6 Å². The number of esters is 3. The van der Waals surface area contributed by atoms with Gasteiger partial charge in [-0.25, -0.2) is 9.37 Å². The SMILES string of the molecule is CCC(CO)OC(COC(=O)CCCC(=O)NCCCCCCCCCCCSSCCOC(=O)CNC(=O)[C@@H](C)C[C@@H](CC(=O)c1csc([C@@H](C[C@H](C(C)C)N(C)C(=O)C(NC(=O)C2CCCCN2C)[C@@H](C)CC)OC(C)=O)n1)Cc1ccc(F)cc1)OC. The van der Waals surface area contributed by atoms with Crippen molar-refractivity contribution in [2.75, 3.05) is 72.2 Å². The summed E-state index contributed by atoms with van der Waals surface area (Å²) in [4.78, 5) is 113. The van der Waals surface area contributed by atoms with Crippen molar-refractivity contribution in [2.24, 2.45) is 23.7 Å². The van der Waals surface area contributed by atoms with Crippen LogP contribution in [-0.2, 0) is 63.7 Å². The number of likely N-dealkylation sites (tertiary alicyclic amines) is 1. The van der Waals surface area contributed by atoms with E-state index in [2.05, 4.69) is 16.0 Å². The number of rotatable bonds is 48. The molecule has 1 aliphatic heterocycles. The molecule has 4 unspecified atom stereocenters. The van der Waals surface area contributed by atoms with Gasteiger partial charge in [0, 0.05) is 82.2 Å². The lowest BCUT2D eigenvalue weighted by Gasteiger charge is -2.38. The maximum absolute atomic E-state index is 14.4. The smallest absolute Gasteiger partial charge is 0.325 e. The van der Waals surface area contributed by atoms with E-state index in [0.29, 0.717) is 43.0 Å². The molecule has 24 heteroatoms. The summed E-state index contributed by atoms with van der Waals surface area (Å²) < 4.78 is 41.1. The number of carbonyl (C=O) groups is 8. The summed E-state index contributed by atoms with van der Waals surface area (Å²) in [6.07, 6.45) is 13.6. The molecule has 0 saturated carbocycles. The first-order valence-electron chi connectivity index (χ1n) is 32.7. The van der Waals surface area contributed by atoms with Crippen LogP contribution in [0.5, 0.6) is 0 Å². The number of aromatic nitrogens is 1. The fourth-order valence-electron chi connectivity index (χ4n) is 10.8. The summed E-state index contributed by atoms with van der Waals surface area (Å²) in [5, 5.41) is 20.0. The van der Waals surface area contributed by atoms with Gasteiger partial charge >= 0.3 is 17.9 Å². The maximum Gasteiger partial charge on any atom is 0.325 e. The zero-order valence-electron chi connectivity index (χ0n) is 55.4. The molecule has 9 atom stereocenters. The Morgan fingerprint density at radius 2 is 1.52 bits per heavy atom. The van der Waals surface area contributed by atoms with Crippen LogP contribution in [-0.4, -0.2) is 170 Å². The molecule has 510 valence electrons. The van der Waals surface area contributed by atoms with E-state index in [-0.39, 0.29) is 117 Å². The lowest BCUT2D eigenvalue weighted by atomic mass is 9.86. The molecule has 1 aromatic heterocycles. The molecule has 20 nitrogen and oxygen atoms in total. The third-order valence-electron chi connectivity index (χ3n) is 16.4. The van der Waals surface area contributed by atoms with Gasteiger partial charge in [0.1, 0.15) is 42.3 Å². The Morgan fingerprint density at radius 3 is 2.16 bits per heavy atom.